The number of sulfonamides is 1. The second-order valence-electron chi connectivity index (χ2n) is 3.84. The van der Waals surface area contributed by atoms with Gasteiger partial charge in [0.05, 0.1) is 0 Å². The van der Waals surface area contributed by atoms with Crippen molar-refractivity contribution in [3.8, 4) is 0 Å². The van der Waals surface area contributed by atoms with Crippen molar-refractivity contribution in [3.63, 3.8) is 0 Å². The van der Waals surface area contributed by atoms with Gasteiger partial charge in [-0.25, -0.2) is 26.3 Å². The molecule has 0 saturated heterocycles. The predicted octanol–water partition coefficient (Wildman–Crippen LogP) is 1.01. The van der Waals surface area contributed by atoms with Gasteiger partial charge in [0.15, 0.2) is 11.6 Å². The largest absolute Gasteiger partial charge is 0.396 e. The molecule has 1 rings (SSSR count). The number of rotatable bonds is 5. The Morgan fingerprint density at radius 3 is 2.33 bits per heavy atom. The minimum Gasteiger partial charge on any atom is -0.396 e. The maximum absolute atomic E-state index is 13.3. The minimum absolute atomic E-state index is 0.142. The number of benzene rings is 1. The molecule has 18 heavy (non-hydrogen) atoms. The highest BCUT2D eigenvalue weighted by molar-refractivity contribution is 7.89. The molecule has 2 N–H and O–H groups in total. The van der Waals surface area contributed by atoms with Gasteiger partial charge in [-0.3, -0.25) is 0 Å². The molecule has 0 saturated carbocycles. The third-order valence-corrected chi connectivity index (χ3v) is 3.64. The topological polar surface area (TPSA) is 66.4 Å². The number of nitrogens with one attached hydrogen (secondary N) is 1. The van der Waals surface area contributed by atoms with Crippen LogP contribution in [0.5, 0.6) is 0 Å². The van der Waals surface area contributed by atoms with E-state index in [9.17, 15) is 21.6 Å². The molecule has 4 nitrogen and oxygen atoms in total. The molecule has 1 aromatic rings. The number of hydrogen-bond donors (Lipinski definition) is 2. The summed E-state index contributed by atoms with van der Waals surface area (Å²) in [5, 5.41) is 8.72. The molecule has 0 amide bonds. The van der Waals surface area contributed by atoms with Crippen molar-refractivity contribution >= 4 is 10.0 Å². The molecule has 0 radical (unpaired) electrons. The van der Waals surface area contributed by atoms with Crippen molar-refractivity contribution in [2.45, 2.75) is 11.8 Å². The molecule has 0 aliphatic rings. The normalized spacial score (nSPS) is 13.6. The van der Waals surface area contributed by atoms with Crippen LogP contribution in [0.1, 0.15) is 6.92 Å². The monoisotopic (exact) mass is 283 g/mol. The third-order valence-electron chi connectivity index (χ3n) is 2.20. The average molecular weight is 283 g/mol. The number of hydrogen-bond acceptors (Lipinski definition) is 3. The minimum atomic E-state index is -4.28. The Bertz CT molecular complexity index is 533. The second kappa shape index (κ2) is 5.68. The van der Waals surface area contributed by atoms with E-state index in [-0.39, 0.29) is 31.2 Å². The van der Waals surface area contributed by atoms with Crippen molar-refractivity contribution < 1.29 is 26.7 Å². The molecule has 1 unspecified atom stereocenters. The zero-order valence-corrected chi connectivity index (χ0v) is 10.3. The van der Waals surface area contributed by atoms with E-state index in [0.29, 0.717) is 0 Å². The average Bonchev–Trinajstić information content (AvgIpc) is 2.30. The highest BCUT2D eigenvalue weighted by Crippen LogP contribution is 2.18. The van der Waals surface area contributed by atoms with Crippen molar-refractivity contribution in [1.82, 2.24) is 4.72 Å². The smallest absolute Gasteiger partial charge is 0.243 e. The standard InChI is InChI=1S/C10H12F3NO3S/c1-6(5-15)4-14-18(16,17)10-3-8(12)7(11)2-9(10)13/h2-3,6,14-15H,4-5H2,1H3. The Hall–Kier alpha value is -1.12. The van der Waals surface area contributed by atoms with E-state index in [1.807, 2.05) is 4.72 Å². The molecule has 0 heterocycles. The van der Waals surface area contributed by atoms with Gasteiger partial charge in [-0.05, 0) is 12.0 Å². The Morgan fingerprint density at radius 2 is 1.78 bits per heavy atom. The lowest BCUT2D eigenvalue weighted by Crippen LogP contribution is -2.30. The molecule has 8 heteroatoms. The summed E-state index contributed by atoms with van der Waals surface area (Å²) in [5.74, 6) is -4.67. The van der Waals surface area contributed by atoms with Gasteiger partial charge in [0, 0.05) is 19.2 Å². The van der Waals surface area contributed by atoms with Crippen molar-refractivity contribution in [1.29, 1.82) is 0 Å². The summed E-state index contributed by atoms with van der Waals surface area (Å²) < 4.78 is 64.0. The molecule has 0 aromatic heterocycles. The molecule has 102 valence electrons. The SMILES string of the molecule is CC(CO)CNS(=O)(=O)c1cc(F)c(F)cc1F. The molecule has 0 aliphatic heterocycles. The summed E-state index contributed by atoms with van der Waals surface area (Å²) in [5.41, 5.74) is 0. The van der Waals surface area contributed by atoms with Crippen LogP contribution in [0.15, 0.2) is 17.0 Å². The van der Waals surface area contributed by atoms with Gasteiger partial charge >= 0.3 is 0 Å². The molecule has 0 bridgehead atoms. The number of aliphatic hydroxyl groups is 1. The summed E-state index contributed by atoms with van der Waals surface area (Å²) in [6.07, 6.45) is 0. The summed E-state index contributed by atoms with van der Waals surface area (Å²) in [4.78, 5) is -0.966. The van der Waals surface area contributed by atoms with Crippen LogP contribution < -0.4 is 4.72 Å². The quantitative estimate of drug-likeness (QED) is 0.793. The number of aliphatic hydroxyl groups excluding tert-OH is 1. The van der Waals surface area contributed by atoms with Gasteiger partial charge in [0.2, 0.25) is 10.0 Å². The number of halogens is 3. The van der Waals surface area contributed by atoms with Crippen LogP contribution in [0, 0.1) is 23.4 Å². The summed E-state index contributed by atoms with van der Waals surface area (Å²) in [6.45, 7) is 1.16. The first-order valence-corrected chi connectivity index (χ1v) is 6.51. The van der Waals surface area contributed by atoms with E-state index in [0.717, 1.165) is 0 Å². The van der Waals surface area contributed by atoms with Crippen LogP contribution in [0.2, 0.25) is 0 Å². The Kier molecular flexibility index (Phi) is 4.71. The van der Waals surface area contributed by atoms with Gasteiger partial charge < -0.3 is 5.11 Å². The first-order valence-electron chi connectivity index (χ1n) is 5.03. The first-order chi connectivity index (χ1) is 8.27. The molecule has 1 aromatic carbocycles. The fourth-order valence-corrected chi connectivity index (χ4v) is 2.34. The molecule has 0 spiro atoms. The fraction of sp³-hybridized carbons (Fsp3) is 0.400. The molecular weight excluding hydrogens is 271 g/mol. The van der Waals surface area contributed by atoms with Crippen molar-refractivity contribution in [2.24, 2.45) is 5.92 Å². The maximum Gasteiger partial charge on any atom is 0.243 e. The highest BCUT2D eigenvalue weighted by Gasteiger charge is 2.22. The third kappa shape index (κ3) is 3.44. The predicted molar refractivity (Wildman–Crippen MR) is 57.8 cm³/mol. The van der Waals surface area contributed by atoms with Gasteiger partial charge in [-0.2, -0.15) is 0 Å². The lowest BCUT2D eigenvalue weighted by atomic mass is 10.2. The lowest BCUT2D eigenvalue weighted by Gasteiger charge is -2.11. The Labute approximate surface area is 102 Å². The highest BCUT2D eigenvalue weighted by atomic mass is 32.2. The molecule has 0 aliphatic carbocycles. The van der Waals surface area contributed by atoms with Crippen LogP contribution >= 0.6 is 0 Å². The van der Waals surface area contributed by atoms with Gasteiger partial charge in [0.25, 0.3) is 0 Å². The van der Waals surface area contributed by atoms with Crippen LogP contribution in [0.4, 0.5) is 13.2 Å². The second-order valence-corrected chi connectivity index (χ2v) is 5.57. The molecule has 0 fully saturated rings. The summed E-state index contributed by atoms with van der Waals surface area (Å²) >= 11 is 0. The maximum atomic E-state index is 13.3. The van der Waals surface area contributed by atoms with Crippen molar-refractivity contribution in [3.05, 3.63) is 29.6 Å². The van der Waals surface area contributed by atoms with Crippen LogP contribution in [-0.2, 0) is 10.0 Å². The Balaban J connectivity index is 3.02. The van der Waals surface area contributed by atoms with Crippen molar-refractivity contribution in [2.75, 3.05) is 13.2 Å². The fourth-order valence-electron chi connectivity index (χ4n) is 1.10. The summed E-state index contributed by atoms with van der Waals surface area (Å²) in [7, 11) is -4.28. The zero-order chi connectivity index (χ0) is 13.9. The van der Waals surface area contributed by atoms with E-state index in [2.05, 4.69) is 0 Å². The van der Waals surface area contributed by atoms with Crippen LogP contribution in [0.3, 0.4) is 0 Å². The zero-order valence-electron chi connectivity index (χ0n) is 9.45. The van der Waals surface area contributed by atoms with Gasteiger partial charge in [-0.15, -0.1) is 0 Å². The van der Waals surface area contributed by atoms with Gasteiger partial charge in [0.1, 0.15) is 10.7 Å². The molecular formula is C10H12F3NO3S. The van der Waals surface area contributed by atoms with E-state index < -0.39 is 32.4 Å². The van der Waals surface area contributed by atoms with E-state index in [1.54, 1.807) is 6.92 Å². The van der Waals surface area contributed by atoms with Gasteiger partial charge in [-0.1, -0.05) is 6.92 Å². The van der Waals surface area contributed by atoms with Crippen LogP contribution in [0.25, 0.3) is 0 Å². The van der Waals surface area contributed by atoms with E-state index in [4.69, 9.17) is 5.11 Å². The Morgan fingerprint density at radius 1 is 1.22 bits per heavy atom. The first kappa shape index (κ1) is 14.9. The van der Waals surface area contributed by atoms with E-state index >= 15 is 0 Å². The van der Waals surface area contributed by atoms with E-state index in [1.165, 1.54) is 0 Å². The lowest BCUT2D eigenvalue weighted by molar-refractivity contribution is 0.238. The molecule has 1 atom stereocenters. The van der Waals surface area contributed by atoms with Crippen LogP contribution in [-0.4, -0.2) is 26.7 Å². The summed E-state index contributed by atoms with van der Waals surface area (Å²) in [6, 6.07) is 0.440.